The Kier molecular flexibility index (Phi) is 4.51. The SMILES string of the molecule is CCCNC(=O)C(C)N1CCCC1(C)C(=O)O. The molecule has 98 valence electrons. The molecule has 0 aliphatic carbocycles. The van der Waals surface area contributed by atoms with E-state index in [-0.39, 0.29) is 11.9 Å². The van der Waals surface area contributed by atoms with Gasteiger partial charge in [0.25, 0.3) is 0 Å². The number of carbonyl (C=O) groups is 2. The molecular weight excluding hydrogens is 220 g/mol. The second-order valence-electron chi connectivity index (χ2n) is 4.84. The average molecular weight is 242 g/mol. The topological polar surface area (TPSA) is 69.6 Å². The molecule has 1 aliphatic heterocycles. The summed E-state index contributed by atoms with van der Waals surface area (Å²) in [5, 5.41) is 12.1. The highest BCUT2D eigenvalue weighted by atomic mass is 16.4. The van der Waals surface area contributed by atoms with Gasteiger partial charge >= 0.3 is 5.97 Å². The lowest BCUT2D eigenvalue weighted by Crippen LogP contribution is -2.56. The lowest BCUT2D eigenvalue weighted by molar-refractivity contribution is -0.151. The van der Waals surface area contributed by atoms with Crippen molar-refractivity contribution >= 4 is 11.9 Å². The van der Waals surface area contributed by atoms with Crippen LogP contribution in [-0.2, 0) is 9.59 Å². The van der Waals surface area contributed by atoms with Crippen LogP contribution < -0.4 is 5.32 Å². The first-order valence-electron chi connectivity index (χ1n) is 6.21. The number of nitrogens with zero attached hydrogens (tertiary/aromatic N) is 1. The largest absolute Gasteiger partial charge is 0.480 e. The van der Waals surface area contributed by atoms with Crippen molar-refractivity contribution in [2.24, 2.45) is 0 Å². The fraction of sp³-hybridized carbons (Fsp3) is 0.833. The van der Waals surface area contributed by atoms with E-state index in [1.807, 2.05) is 6.92 Å². The van der Waals surface area contributed by atoms with E-state index in [0.29, 0.717) is 19.5 Å². The molecule has 0 aromatic rings. The molecule has 2 atom stereocenters. The first-order chi connectivity index (χ1) is 7.93. The van der Waals surface area contributed by atoms with E-state index in [1.54, 1.807) is 18.7 Å². The molecular formula is C12H22N2O3. The second kappa shape index (κ2) is 5.49. The van der Waals surface area contributed by atoms with Gasteiger partial charge in [-0.15, -0.1) is 0 Å². The summed E-state index contributed by atoms with van der Waals surface area (Å²) in [6.45, 7) is 6.77. The molecule has 5 heteroatoms. The molecule has 0 radical (unpaired) electrons. The van der Waals surface area contributed by atoms with Gasteiger partial charge in [0.1, 0.15) is 5.54 Å². The summed E-state index contributed by atoms with van der Waals surface area (Å²) in [5.74, 6) is -0.925. The van der Waals surface area contributed by atoms with Gasteiger partial charge in [0.05, 0.1) is 6.04 Å². The van der Waals surface area contributed by atoms with Crippen molar-refractivity contribution in [2.75, 3.05) is 13.1 Å². The maximum atomic E-state index is 11.9. The Hall–Kier alpha value is -1.10. The van der Waals surface area contributed by atoms with Crippen molar-refractivity contribution in [3.05, 3.63) is 0 Å². The van der Waals surface area contributed by atoms with Crippen LogP contribution in [0.1, 0.15) is 40.0 Å². The van der Waals surface area contributed by atoms with E-state index in [4.69, 9.17) is 0 Å². The zero-order valence-electron chi connectivity index (χ0n) is 10.8. The standard InChI is InChI=1S/C12H22N2O3/c1-4-7-13-10(15)9(2)14-8-5-6-12(14,3)11(16)17/h9H,4-8H2,1-3H3,(H,13,15)(H,16,17). The molecule has 0 aromatic heterocycles. The average Bonchev–Trinajstić information content (AvgIpc) is 2.68. The first-order valence-corrected chi connectivity index (χ1v) is 6.21. The first kappa shape index (κ1) is 14.0. The number of aliphatic carboxylic acids is 1. The van der Waals surface area contributed by atoms with Crippen LogP contribution in [0.2, 0.25) is 0 Å². The van der Waals surface area contributed by atoms with E-state index in [2.05, 4.69) is 5.32 Å². The monoisotopic (exact) mass is 242 g/mol. The number of hydrogen-bond donors (Lipinski definition) is 2. The Morgan fingerprint density at radius 3 is 2.71 bits per heavy atom. The number of rotatable bonds is 5. The van der Waals surface area contributed by atoms with E-state index in [1.165, 1.54) is 0 Å². The van der Waals surface area contributed by atoms with E-state index >= 15 is 0 Å². The molecule has 1 amide bonds. The zero-order chi connectivity index (χ0) is 13.1. The van der Waals surface area contributed by atoms with Crippen molar-refractivity contribution < 1.29 is 14.7 Å². The number of carboxylic acid groups (broad SMARTS) is 1. The maximum absolute atomic E-state index is 11.9. The fourth-order valence-electron chi connectivity index (χ4n) is 2.37. The molecule has 2 N–H and O–H groups in total. The third-order valence-corrected chi connectivity index (χ3v) is 3.55. The molecule has 1 aliphatic rings. The quantitative estimate of drug-likeness (QED) is 0.749. The Bertz CT molecular complexity index is 306. The molecule has 0 spiro atoms. The number of amides is 1. The van der Waals surface area contributed by atoms with Gasteiger partial charge < -0.3 is 10.4 Å². The molecule has 0 aromatic carbocycles. The summed E-state index contributed by atoms with van der Waals surface area (Å²) < 4.78 is 0. The Morgan fingerprint density at radius 2 is 2.18 bits per heavy atom. The molecule has 1 saturated heterocycles. The van der Waals surface area contributed by atoms with Gasteiger partial charge in [-0.25, -0.2) is 0 Å². The van der Waals surface area contributed by atoms with Gasteiger partial charge in [-0.2, -0.15) is 0 Å². The zero-order valence-corrected chi connectivity index (χ0v) is 10.8. The predicted octanol–water partition coefficient (Wildman–Crippen LogP) is 0.840. The summed E-state index contributed by atoms with van der Waals surface area (Å²) in [6.07, 6.45) is 2.32. The van der Waals surface area contributed by atoms with Crippen LogP contribution in [0.3, 0.4) is 0 Å². The molecule has 1 fully saturated rings. The van der Waals surface area contributed by atoms with Gasteiger partial charge in [0, 0.05) is 13.1 Å². The fourth-order valence-corrected chi connectivity index (χ4v) is 2.37. The smallest absolute Gasteiger partial charge is 0.323 e. The van der Waals surface area contributed by atoms with Crippen molar-refractivity contribution in [1.29, 1.82) is 0 Å². The third kappa shape index (κ3) is 2.77. The van der Waals surface area contributed by atoms with Crippen LogP contribution >= 0.6 is 0 Å². The van der Waals surface area contributed by atoms with Crippen LogP contribution in [-0.4, -0.2) is 46.6 Å². The lowest BCUT2D eigenvalue weighted by Gasteiger charge is -2.35. The van der Waals surface area contributed by atoms with Crippen LogP contribution in [0, 0.1) is 0 Å². The van der Waals surface area contributed by atoms with Crippen molar-refractivity contribution in [1.82, 2.24) is 10.2 Å². The third-order valence-electron chi connectivity index (χ3n) is 3.55. The summed E-state index contributed by atoms with van der Waals surface area (Å²) in [5.41, 5.74) is -0.900. The Morgan fingerprint density at radius 1 is 1.53 bits per heavy atom. The minimum absolute atomic E-state index is 0.0822. The van der Waals surface area contributed by atoms with Crippen LogP contribution in [0.4, 0.5) is 0 Å². The van der Waals surface area contributed by atoms with Crippen LogP contribution in [0.5, 0.6) is 0 Å². The van der Waals surface area contributed by atoms with Crippen LogP contribution in [0.15, 0.2) is 0 Å². The van der Waals surface area contributed by atoms with E-state index in [9.17, 15) is 14.7 Å². The number of nitrogens with one attached hydrogen (secondary N) is 1. The minimum Gasteiger partial charge on any atom is -0.480 e. The number of carbonyl (C=O) groups excluding carboxylic acids is 1. The molecule has 0 bridgehead atoms. The van der Waals surface area contributed by atoms with Gasteiger partial charge in [-0.1, -0.05) is 6.92 Å². The van der Waals surface area contributed by atoms with Crippen LogP contribution in [0.25, 0.3) is 0 Å². The number of hydrogen-bond acceptors (Lipinski definition) is 3. The Labute approximate surface area is 102 Å². The highest BCUT2D eigenvalue weighted by Crippen LogP contribution is 2.31. The number of likely N-dealkylation sites (tertiary alicyclic amines) is 1. The van der Waals surface area contributed by atoms with Gasteiger partial charge in [0.2, 0.25) is 5.91 Å². The maximum Gasteiger partial charge on any atom is 0.323 e. The predicted molar refractivity (Wildman–Crippen MR) is 64.7 cm³/mol. The van der Waals surface area contributed by atoms with Crippen molar-refractivity contribution in [3.8, 4) is 0 Å². The Balaban J connectivity index is 2.71. The van der Waals surface area contributed by atoms with E-state index < -0.39 is 11.5 Å². The second-order valence-corrected chi connectivity index (χ2v) is 4.84. The minimum atomic E-state index is -0.900. The molecule has 1 rings (SSSR count). The van der Waals surface area contributed by atoms with Crippen molar-refractivity contribution in [3.63, 3.8) is 0 Å². The van der Waals surface area contributed by atoms with Gasteiger partial charge in [-0.3, -0.25) is 14.5 Å². The molecule has 0 saturated carbocycles. The highest BCUT2D eigenvalue weighted by molar-refractivity contribution is 5.84. The summed E-state index contributed by atoms with van der Waals surface area (Å²) in [7, 11) is 0. The summed E-state index contributed by atoms with van der Waals surface area (Å²) >= 11 is 0. The molecule has 5 nitrogen and oxygen atoms in total. The normalized spacial score (nSPS) is 26.8. The number of carboxylic acids is 1. The molecule has 17 heavy (non-hydrogen) atoms. The summed E-state index contributed by atoms with van der Waals surface area (Å²) in [4.78, 5) is 24.9. The van der Waals surface area contributed by atoms with E-state index in [0.717, 1.165) is 12.8 Å². The van der Waals surface area contributed by atoms with Crippen molar-refractivity contribution in [2.45, 2.75) is 51.6 Å². The summed E-state index contributed by atoms with van der Waals surface area (Å²) in [6, 6.07) is -0.384. The highest BCUT2D eigenvalue weighted by Gasteiger charge is 2.46. The van der Waals surface area contributed by atoms with Gasteiger partial charge in [0.15, 0.2) is 0 Å². The van der Waals surface area contributed by atoms with Gasteiger partial charge in [-0.05, 0) is 33.1 Å². The molecule has 2 unspecified atom stereocenters. The lowest BCUT2D eigenvalue weighted by atomic mass is 9.98. The molecule has 1 heterocycles.